The van der Waals surface area contributed by atoms with Crippen molar-refractivity contribution in [2.75, 3.05) is 4.90 Å². The Balaban J connectivity index is 1.25. The lowest BCUT2D eigenvalue weighted by Crippen LogP contribution is -2.13. The van der Waals surface area contributed by atoms with Crippen molar-refractivity contribution in [3.05, 3.63) is 222 Å². The first-order valence-electron chi connectivity index (χ1n) is 17.9. The summed E-state index contributed by atoms with van der Waals surface area (Å²) < 4.78 is 13.1. The van der Waals surface area contributed by atoms with Gasteiger partial charge in [0.15, 0.2) is 0 Å². The molecule has 0 radical (unpaired) electrons. The van der Waals surface area contributed by atoms with Crippen LogP contribution < -0.4 is 9.64 Å². The molecule has 9 aromatic rings. The molecule has 10 rings (SSSR count). The third kappa shape index (κ3) is 5.38. The number of anilines is 3. The summed E-state index contributed by atoms with van der Waals surface area (Å²) in [6.07, 6.45) is 0. The van der Waals surface area contributed by atoms with Crippen LogP contribution in [0.25, 0.3) is 44.2 Å². The van der Waals surface area contributed by atoms with Crippen LogP contribution in [0.3, 0.4) is 0 Å². The van der Waals surface area contributed by atoms with E-state index in [4.69, 9.17) is 9.15 Å². The summed E-state index contributed by atoms with van der Waals surface area (Å²) in [4.78, 5) is 2.35. The lowest BCUT2D eigenvalue weighted by molar-refractivity contribution is 0.474. The predicted molar refractivity (Wildman–Crippen MR) is 218 cm³/mol. The second kappa shape index (κ2) is 12.9. The largest absolute Gasteiger partial charge is 0.456 e. The molecular formula is C50H33NO2. The van der Waals surface area contributed by atoms with Crippen LogP contribution in [0.4, 0.5) is 17.1 Å². The number of para-hydroxylation sites is 3. The van der Waals surface area contributed by atoms with Gasteiger partial charge in [-0.05, 0) is 70.8 Å². The zero-order valence-electron chi connectivity index (χ0n) is 28.8. The highest BCUT2D eigenvalue weighted by molar-refractivity contribution is 6.09. The number of hydrogen-bond donors (Lipinski definition) is 0. The molecule has 0 amide bonds. The Hall–Kier alpha value is -7.10. The molecule has 1 aliphatic rings. The Morgan fingerprint density at radius 2 is 0.962 bits per heavy atom. The number of benzene rings is 8. The molecule has 0 aliphatic carbocycles. The zero-order chi connectivity index (χ0) is 35.1. The minimum atomic E-state index is 0.816. The van der Waals surface area contributed by atoms with Crippen LogP contribution in [0.15, 0.2) is 205 Å². The highest BCUT2D eigenvalue weighted by Gasteiger charge is 2.28. The fourth-order valence-corrected chi connectivity index (χ4v) is 7.71. The van der Waals surface area contributed by atoms with E-state index in [1.807, 2.05) is 18.2 Å². The molecule has 0 N–H and O–H groups in total. The van der Waals surface area contributed by atoms with Crippen LogP contribution in [0.1, 0.15) is 22.3 Å². The fraction of sp³-hybridized carbons (Fsp3) is 0. The average Bonchev–Trinajstić information content (AvgIpc) is 3.60. The highest BCUT2D eigenvalue weighted by atomic mass is 16.5. The monoisotopic (exact) mass is 679 g/mol. The maximum absolute atomic E-state index is 6.69. The van der Waals surface area contributed by atoms with E-state index in [0.29, 0.717) is 0 Å². The van der Waals surface area contributed by atoms with E-state index in [1.165, 1.54) is 0 Å². The van der Waals surface area contributed by atoms with Crippen molar-refractivity contribution < 1.29 is 9.15 Å². The average molecular weight is 680 g/mol. The van der Waals surface area contributed by atoms with Crippen molar-refractivity contribution in [3.8, 4) is 22.6 Å². The topological polar surface area (TPSA) is 25.6 Å². The van der Waals surface area contributed by atoms with Crippen LogP contribution in [-0.2, 0) is 0 Å². The quantitative estimate of drug-likeness (QED) is 0.175. The number of fused-ring (bicyclic) bond motifs is 5. The molecule has 0 fully saturated rings. The standard InChI is InChI=1S/C50H33NO2/c1-4-16-34(17-5-1)39-22-10-13-25-44(39)51(38-28-30-41-40-23-11-14-26-45(40)53-48(41)33-38)37-29-31-47-43(32-37)50(42-24-12-15-27-46(42)52-47)49(35-18-6-2-7-19-35)36-20-8-3-9-21-36/h1-33H. The fourth-order valence-electron chi connectivity index (χ4n) is 7.71. The Labute approximate surface area is 308 Å². The molecule has 3 heteroatoms. The third-order valence-electron chi connectivity index (χ3n) is 10.1. The van der Waals surface area contributed by atoms with Crippen molar-refractivity contribution >= 4 is 50.1 Å². The van der Waals surface area contributed by atoms with Gasteiger partial charge >= 0.3 is 0 Å². The SMILES string of the molecule is c1ccc(C(=C2c3ccccc3Oc3ccc(N(c4ccc5c(c4)oc4ccccc45)c4ccccc4-c4ccccc4)cc32)c2ccccc2)cc1. The van der Waals surface area contributed by atoms with Crippen LogP contribution >= 0.6 is 0 Å². The lowest BCUT2D eigenvalue weighted by atomic mass is 9.84. The summed E-state index contributed by atoms with van der Waals surface area (Å²) >= 11 is 0. The van der Waals surface area contributed by atoms with E-state index in [0.717, 1.165) is 95.0 Å². The van der Waals surface area contributed by atoms with E-state index in [2.05, 4.69) is 187 Å². The molecule has 0 unspecified atom stereocenters. The minimum Gasteiger partial charge on any atom is -0.456 e. The molecule has 1 aliphatic heterocycles. The summed E-state index contributed by atoms with van der Waals surface area (Å²) in [6.45, 7) is 0. The Bertz CT molecular complexity index is 2760. The molecule has 2 heterocycles. The van der Waals surface area contributed by atoms with Gasteiger partial charge < -0.3 is 14.1 Å². The van der Waals surface area contributed by atoms with Crippen molar-refractivity contribution in [2.24, 2.45) is 0 Å². The summed E-state index contributed by atoms with van der Waals surface area (Å²) in [5, 5.41) is 2.20. The summed E-state index contributed by atoms with van der Waals surface area (Å²) in [5.41, 5.74) is 13.7. The number of hydrogen-bond acceptors (Lipinski definition) is 3. The molecule has 0 saturated carbocycles. The number of rotatable bonds is 6. The minimum absolute atomic E-state index is 0.816. The Morgan fingerprint density at radius 1 is 0.396 bits per heavy atom. The van der Waals surface area contributed by atoms with Crippen molar-refractivity contribution in [2.45, 2.75) is 0 Å². The van der Waals surface area contributed by atoms with Gasteiger partial charge in [0.25, 0.3) is 0 Å². The summed E-state index contributed by atoms with van der Waals surface area (Å²) in [7, 11) is 0. The molecule has 1 aromatic heterocycles. The van der Waals surface area contributed by atoms with Gasteiger partial charge in [0.1, 0.15) is 22.7 Å². The molecule has 3 nitrogen and oxygen atoms in total. The smallest absolute Gasteiger partial charge is 0.137 e. The second-order valence-corrected chi connectivity index (χ2v) is 13.3. The van der Waals surface area contributed by atoms with Crippen LogP contribution in [0, 0.1) is 0 Å². The number of nitrogens with zero attached hydrogens (tertiary/aromatic N) is 1. The maximum Gasteiger partial charge on any atom is 0.137 e. The van der Waals surface area contributed by atoms with E-state index in [9.17, 15) is 0 Å². The van der Waals surface area contributed by atoms with E-state index in [1.54, 1.807) is 0 Å². The van der Waals surface area contributed by atoms with Gasteiger partial charge in [-0.2, -0.15) is 0 Å². The molecule has 0 atom stereocenters. The molecule has 0 bridgehead atoms. The van der Waals surface area contributed by atoms with Gasteiger partial charge in [-0.1, -0.05) is 146 Å². The van der Waals surface area contributed by atoms with Gasteiger partial charge in [0.2, 0.25) is 0 Å². The zero-order valence-corrected chi connectivity index (χ0v) is 28.8. The van der Waals surface area contributed by atoms with Gasteiger partial charge in [-0.3, -0.25) is 0 Å². The summed E-state index contributed by atoms with van der Waals surface area (Å²) in [6, 6.07) is 70.3. The van der Waals surface area contributed by atoms with Gasteiger partial charge in [0.05, 0.1) is 5.69 Å². The van der Waals surface area contributed by atoms with Gasteiger partial charge in [0, 0.05) is 50.5 Å². The van der Waals surface area contributed by atoms with Gasteiger partial charge in [-0.15, -0.1) is 0 Å². The number of ether oxygens (including phenoxy) is 1. The maximum atomic E-state index is 6.69. The molecule has 8 aromatic carbocycles. The van der Waals surface area contributed by atoms with Gasteiger partial charge in [-0.25, -0.2) is 0 Å². The van der Waals surface area contributed by atoms with Crippen molar-refractivity contribution in [1.82, 2.24) is 0 Å². The number of furan rings is 1. The first kappa shape index (κ1) is 30.7. The molecule has 0 saturated heterocycles. The van der Waals surface area contributed by atoms with Crippen LogP contribution in [0.5, 0.6) is 11.5 Å². The normalized spacial score (nSPS) is 11.9. The molecule has 250 valence electrons. The highest BCUT2D eigenvalue weighted by Crippen LogP contribution is 2.51. The predicted octanol–water partition coefficient (Wildman–Crippen LogP) is 13.8. The van der Waals surface area contributed by atoms with Crippen LogP contribution in [-0.4, -0.2) is 0 Å². The Morgan fingerprint density at radius 3 is 1.74 bits per heavy atom. The second-order valence-electron chi connectivity index (χ2n) is 13.3. The molecule has 0 spiro atoms. The molecule has 53 heavy (non-hydrogen) atoms. The summed E-state index contributed by atoms with van der Waals surface area (Å²) in [5.74, 6) is 1.66. The third-order valence-corrected chi connectivity index (χ3v) is 10.1. The van der Waals surface area contributed by atoms with Crippen molar-refractivity contribution in [1.29, 1.82) is 0 Å². The first-order valence-corrected chi connectivity index (χ1v) is 17.9. The van der Waals surface area contributed by atoms with Crippen molar-refractivity contribution in [3.63, 3.8) is 0 Å². The lowest BCUT2D eigenvalue weighted by Gasteiger charge is -2.31. The Kier molecular flexibility index (Phi) is 7.47. The van der Waals surface area contributed by atoms with E-state index >= 15 is 0 Å². The van der Waals surface area contributed by atoms with E-state index in [-0.39, 0.29) is 0 Å². The van der Waals surface area contributed by atoms with Crippen LogP contribution in [0.2, 0.25) is 0 Å². The molecular weight excluding hydrogens is 647 g/mol. The first-order chi connectivity index (χ1) is 26.3. The van der Waals surface area contributed by atoms with E-state index < -0.39 is 0 Å².